The van der Waals surface area contributed by atoms with Gasteiger partial charge in [-0.05, 0) is 73.8 Å². The van der Waals surface area contributed by atoms with Crippen LogP contribution in [0.5, 0.6) is 0 Å². The van der Waals surface area contributed by atoms with E-state index in [2.05, 4.69) is 84.9 Å². The Labute approximate surface area is 219 Å². The molecule has 0 bridgehead atoms. The zero-order valence-electron chi connectivity index (χ0n) is 24.1. The summed E-state index contributed by atoms with van der Waals surface area (Å²) < 4.78 is 5.89. The van der Waals surface area contributed by atoms with Crippen LogP contribution in [0.25, 0.3) is 22.4 Å². The number of aliphatic hydroxyl groups is 1. The molecule has 0 aliphatic heterocycles. The molecule has 0 amide bonds. The lowest BCUT2D eigenvalue weighted by Crippen LogP contribution is -2.49. The largest absolute Gasteiger partial charge is 0.427 e. The Hall–Kier alpha value is -2.43. The van der Waals surface area contributed by atoms with Gasteiger partial charge in [0.1, 0.15) is 0 Å². The van der Waals surface area contributed by atoms with Crippen molar-refractivity contribution in [3.63, 3.8) is 0 Å². The molecule has 1 N–H and O–H groups in total. The van der Waals surface area contributed by atoms with E-state index < -0.39 is 11.2 Å². The van der Waals surface area contributed by atoms with Crippen LogP contribution in [0.4, 0.5) is 0 Å². The number of pyridine rings is 1. The molecule has 1 radical (unpaired) electrons. The highest BCUT2D eigenvalue weighted by atomic mass is 16.5. The van der Waals surface area contributed by atoms with Gasteiger partial charge >= 0.3 is 7.48 Å². The van der Waals surface area contributed by atoms with E-state index in [4.69, 9.17) is 9.64 Å². The zero-order valence-corrected chi connectivity index (χ0v) is 24.1. The van der Waals surface area contributed by atoms with Crippen molar-refractivity contribution in [1.82, 2.24) is 4.98 Å². The van der Waals surface area contributed by atoms with Crippen LogP contribution in [0.2, 0.25) is 0 Å². The summed E-state index contributed by atoms with van der Waals surface area (Å²) in [5, 5.41) is 10.3. The van der Waals surface area contributed by atoms with Gasteiger partial charge < -0.3 is 9.76 Å². The molecule has 3 rings (SSSR count). The summed E-state index contributed by atoms with van der Waals surface area (Å²) in [6, 6.07) is 17.3. The fraction of sp³-hybridized carbons (Fsp3) is 0.469. The minimum absolute atomic E-state index is 0.0713. The van der Waals surface area contributed by atoms with E-state index in [1.165, 1.54) is 27.8 Å². The Morgan fingerprint density at radius 1 is 0.722 bits per heavy atom. The monoisotopic (exact) mass is 484 g/mol. The summed E-state index contributed by atoms with van der Waals surface area (Å²) in [6.45, 7) is 23.0. The SMILES string of the molecule is Cc1cc(-c2ccc([B]OC(C)(C)C(C)(C)O)cc2)ncc1-c1cc(C(C)(C)C)cc(C(C)(C)C)c1. The zero-order chi connectivity index (χ0) is 27.1. The number of aryl methyl sites for hydroxylation is 1. The lowest BCUT2D eigenvalue weighted by atomic mass is 9.78. The standard InChI is InChI=1S/C32H43BNO2/c1-21-16-28(22-12-14-26(15-13-22)33-36-32(10,11)31(8,9)35)34-20-27(21)23-17-24(29(2,3)4)19-25(18-23)30(5,6)7/h12-20,35H,1-11H3. The second kappa shape index (κ2) is 9.80. The van der Waals surface area contributed by atoms with Gasteiger partial charge in [-0.3, -0.25) is 4.98 Å². The molecule has 0 saturated carbocycles. The molecular formula is C32H43BNO2. The summed E-state index contributed by atoms with van der Waals surface area (Å²) in [7, 11) is 1.71. The molecular weight excluding hydrogens is 441 g/mol. The van der Waals surface area contributed by atoms with Gasteiger partial charge in [0.15, 0.2) is 0 Å². The first kappa shape index (κ1) is 28.2. The van der Waals surface area contributed by atoms with Gasteiger partial charge in [0.2, 0.25) is 0 Å². The number of hydrogen-bond donors (Lipinski definition) is 1. The summed E-state index contributed by atoms with van der Waals surface area (Å²) in [5.41, 5.74) is 7.72. The quantitative estimate of drug-likeness (QED) is 0.379. The second-order valence-corrected chi connectivity index (χ2v) is 13.1. The highest BCUT2D eigenvalue weighted by Gasteiger charge is 2.35. The second-order valence-electron chi connectivity index (χ2n) is 13.1. The van der Waals surface area contributed by atoms with Crippen molar-refractivity contribution >= 4 is 12.9 Å². The topological polar surface area (TPSA) is 42.4 Å². The Balaban J connectivity index is 1.88. The molecule has 4 heteroatoms. The number of benzene rings is 2. The predicted octanol–water partition coefficient (Wildman–Crippen LogP) is 7.13. The fourth-order valence-corrected chi connectivity index (χ4v) is 3.76. The predicted molar refractivity (Wildman–Crippen MR) is 154 cm³/mol. The van der Waals surface area contributed by atoms with Crippen LogP contribution in [-0.2, 0) is 15.5 Å². The molecule has 0 saturated heterocycles. The van der Waals surface area contributed by atoms with Crippen LogP contribution in [0.1, 0.15) is 85.9 Å². The summed E-state index contributed by atoms with van der Waals surface area (Å²) in [6.07, 6.45) is 2.01. The molecule has 1 aromatic heterocycles. The number of hydrogen-bond acceptors (Lipinski definition) is 3. The first-order valence-electron chi connectivity index (χ1n) is 12.9. The lowest BCUT2D eigenvalue weighted by molar-refractivity contribution is -0.0893. The van der Waals surface area contributed by atoms with E-state index in [-0.39, 0.29) is 10.8 Å². The smallest absolute Gasteiger partial charge is 0.330 e. The number of nitrogens with zero attached hydrogens (tertiary/aromatic N) is 1. The highest BCUT2D eigenvalue weighted by Crippen LogP contribution is 2.35. The third-order valence-electron chi connectivity index (χ3n) is 7.26. The van der Waals surface area contributed by atoms with Crippen LogP contribution in [0.15, 0.2) is 54.7 Å². The minimum Gasteiger partial charge on any atom is -0.427 e. The van der Waals surface area contributed by atoms with Crippen molar-refractivity contribution in [2.75, 3.05) is 0 Å². The van der Waals surface area contributed by atoms with Crippen LogP contribution in [0.3, 0.4) is 0 Å². The molecule has 2 aromatic carbocycles. The number of rotatable bonds is 6. The Morgan fingerprint density at radius 3 is 1.69 bits per heavy atom. The fourth-order valence-electron chi connectivity index (χ4n) is 3.76. The Kier molecular flexibility index (Phi) is 7.66. The minimum atomic E-state index is -0.952. The molecule has 36 heavy (non-hydrogen) atoms. The first-order chi connectivity index (χ1) is 16.4. The molecule has 191 valence electrons. The van der Waals surface area contributed by atoms with Crippen molar-refractivity contribution in [3.05, 3.63) is 71.4 Å². The molecule has 0 aliphatic carbocycles. The van der Waals surface area contributed by atoms with Crippen molar-refractivity contribution in [1.29, 1.82) is 0 Å². The van der Waals surface area contributed by atoms with Crippen LogP contribution in [-0.4, -0.2) is 28.8 Å². The average molecular weight is 485 g/mol. The molecule has 0 fully saturated rings. The third kappa shape index (κ3) is 6.46. The van der Waals surface area contributed by atoms with Gasteiger partial charge in [0.25, 0.3) is 0 Å². The van der Waals surface area contributed by atoms with Gasteiger partial charge in [-0.1, -0.05) is 89.5 Å². The van der Waals surface area contributed by atoms with Crippen LogP contribution in [0, 0.1) is 6.92 Å². The van der Waals surface area contributed by atoms with Crippen molar-refractivity contribution in [2.24, 2.45) is 0 Å². The van der Waals surface area contributed by atoms with E-state index in [9.17, 15) is 5.11 Å². The Bertz CT molecular complexity index is 1170. The molecule has 3 aromatic rings. The summed E-state index contributed by atoms with van der Waals surface area (Å²) >= 11 is 0. The van der Waals surface area contributed by atoms with Crippen molar-refractivity contribution in [3.8, 4) is 22.4 Å². The van der Waals surface area contributed by atoms with Crippen LogP contribution < -0.4 is 5.46 Å². The van der Waals surface area contributed by atoms with Gasteiger partial charge in [-0.2, -0.15) is 0 Å². The molecule has 1 heterocycles. The van der Waals surface area contributed by atoms with Gasteiger partial charge in [0.05, 0.1) is 16.9 Å². The van der Waals surface area contributed by atoms with Crippen molar-refractivity contribution in [2.45, 2.75) is 98.2 Å². The molecule has 3 nitrogen and oxygen atoms in total. The van der Waals surface area contributed by atoms with Crippen LogP contribution >= 0.6 is 0 Å². The molecule has 0 atom stereocenters. The maximum absolute atomic E-state index is 10.3. The summed E-state index contributed by atoms with van der Waals surface area (Å²) in [4.78, 5) is 4.84. The third-order valence-corrected chi connectivity index (χ3v) is 7.26. The number of aromatic nitrogens is 1. The average Bonchev–Trinajstić information content (AvgIpc) is 2.76. The first-order valence-corrected chi connectivity index (χ1v) is 12.9. The van der Waals surface area contributed by atoms with E-state index in [0.29, 0.717) is 0 Å². The van der Waals surface area contributed by atoms with E-state index in [0.717, 1.165) is 16.7 Å². The Morgan fingerprint density at radius 2 is 1.25 bits per heavy atom. The lowest BCUT2D eigenvalue weighted by Gasteiger charge is -2.37. The normalized spacial score (nSPS) is 13.1. The van der Waals surface area contributed by atoms with E-state index in [1.54, 1.807) is 21.3 Å². The maximum Gasteiger partial charge on any atom is 0.330 e. The van der Waals surface area contributed by atoms with E-state index in [1.807, 2.05) is 32.2 Å². The van der Waals surface area contributed by atoms with Gasteiger partial charge in [-0.25, -0.2) is 0 Å². The van der Waals surface area contributed by atoms with Crippen molar-refractivity contribution < 1.29 is 9.76 Å². The van der Waals surface area contributed by atoms with Gasteiger partial charge in [0, 0.05) is 17.3 Å². The summed E-state index contributed by atoms with van der Waals surface area (Å²) in [5.74, 6) is 0. The highest BCUT2D eigenvalue weighted by molar-refractivity contribution is 6.47. The van der Waals surface area contributed by atoms with E-state index >= 15 is 0 Å². The molecule has 0 spiro atoms. The molecule has 0 aliphatic rings. The van der Waals surface area contributed by atoms with Gasteiger partial charge in [-0.15, -0.1) is 0 Å². The molecule has 0 unspecified atom stereocenters. The maximum atomic E-state index is 10.3.